The topological polar surface area (TPSA) is 63.2 Å². The molecule has 0 fully saturated rings. The molecule has 0 aliphatic rings. The molecule has 0 aromatic heterocycles. The molecular weight excluding hydrogens is 377 g/mol. The number of rotatable bonds is 3. The maximum atomic E-state index is 11.9. The SMILES string of the molecule is O=C(NS(=O)(=O)c1ccccc1)c1ccc(I)cc1. The summed E-state index contributed by atoms with van der Waals surface area (Å²) in [5.41, 5.74) is 0.305. The summed E-state index contributed by atoms with van der Waals surface area (Å²) >= 11 is 2.11. The van der Waals surface area contributed by atoms with Crippen LogP contribution in [0.3, 0.4) is 0 Å². The smallest absolute Gasteiger partial charge is 0.264 e. The first-order valence-corrected chi connectivity index (χ1v) is 7.93. The lowest BCUT2D eigenvalue weighted by atomic mass is 10.2. The number of hydrogen-bond acceptors (Lipinski definition) is 3. The number of hydrogen-bond donors (Lipinski definition) is 1. The van der Waals surface area contributed by atoms with E-state index in [1.165, 1.54) is 12.1 Å². The number of carbonyl (C=O) groups is 1. The van der Waals surface area contributed by atoms with Gasteiger partial charge in [0.25, 0.3) is 15.9 Å². The monoisotopic (exact) mass is 387 g/mol. The maximum absolute atomic E-state index is 11.9. The van der Waals surface area contributed by atoms with Crippen molar-refractivity contribution in [3.05, 3.63) is 63.7 Å². The lowest BCUT2D eigenvalue weighted by molar-refractivity contribution is 0.0981. The normalized spacial score (nSPS) is 11.0. The Morgan fingerprint density at radius 2 is 1.53 bits per heavy atom. The van der Waals surface area contributed by atoms with Crippen molar-refractivity contribution in [3.63, 3.8) is 0 Å². The average molecular weight is 387 g/mol. The van der Waals surface area contributed by atoms with E-state index in [-0.39, 0.29) is 4.90 Å². The van der Waals surface area contributed by atoms with Gasteiger partial charge in [-0.1, -0.05) is 18.2 Å². The number of nitrogens with one attached hydrogen (secondary N) is 1. The molecule has 0 unspecified atom stereocenters. The molecular formula is C13H10INO3S. The van der Waals surface area contributed by atoms with E-state index in [0.717, 1.165) is 3.57 Å². The van der Waals surface area contributed by atoms with Gasteiger partial charge in [-0.15, -0.1) is 0 Å². The molecule has 0 aliphatic heterocycles. The molecule has 0 bridgehead atoms. The van der Waals surface area contributed by atoms with Crippen LogP contribution in [0.15, 0.2) is 59.5 Å². The number of sulfonamides is 1. The van der Waals surface area contributed by atoms with E-state index in [1.807, 2.05) is 4.72 Å². The third kappa shape index (κ3) is 3.54. The first-order chi connectivity index (χ1) is 8.99. The van der Waals surface area contributed by atoms with E-state index in [4.69, 9.17) is 0 Å². The Kier molecular flexibility index (Phi) is 4.20. The zero-order valence-corrected chi connectivity index (χ0v) is 12.7. The lowest BCUT2D eigenvalue weighted by Crippen LogP contribution is -2.30. The molecule has 19 heavy (non-hydrogen) atoms. The molecule has 98 valence electrons. The van der Waals surface area contributed by atoms with Crippen LogP contribution in [-0.2, 0) is 10.0 Å². The molecule has 0 heterocycles. The predicted octanol–water partition coefficient (Wildman–Crippen LogP) is 2.41. The molecule has 2 aromatic carbocycles. The highest BCUT2D eigenvalue weighted by atomic mass is 127. The maximum Gasteiger partial charge on any atom is 0.264 e. The number of halogens is 1. The van der Waals surface area contributed by atoms with E-state index in [1.54, 1.807) is 42.5 Å². The van der Waals surface area contributed by atoms with Crippen LogP contribution in [-0.4, -0.2) is 14.3 Å². The van der Waals surface area contributed by atoms with Crippen molar-refractivity contribution in [1.29, 1.82) is 0 Å². The van der Waals surface area contributed by atoms with Crippen molar-refractivity contribution in [2.24, 2.45) is 0 Å². The van der Waals surface area contributed by atoms with Gasteiger partial charge in [0, 0.05) is 9.13 Å². The summed E-state index contributed by atoms with van der Waals surface area (Å²) in [4.78, 5) is 11.9. The molecule has 0 atom stereocenters. The van der Waals surface area contributed by atoms with Crippen LogP contribution in [0.1, 0.15) is 10.4 Å². The van der Waals surface area contributed by atoms with Gasteiger partial charge in [-0.05, 0) is 59.0 Å². The van der Waals surface area contributed by atoms with Crippen LogP contribution in [0.2, 0.25) is 0 Å². The second-order valence-electron chi connectivity index (χ2n) is 3.75. The van der Waals surface area contributed by atoms with Gasteiger partial charge >= 0.3 is 0 Å². The highest BCUT2D eigenvalue weighted by Gasteiger charge is 2.17. The second-order valence-corrected chi connectivity index (χ2v) is 6.68. The van der Waals surface area contributed by atoms with Gasteiger partial charge in [0.05, 0.1) is 4.90 Å². The van der Waals surface area contributed by atoms with E-state index in [9.17, 15) is 13.2 Å². The van der Waals surface area contributed by atoms with Crippen LogP contribution >= 0.6 is 22.6 Å². The first-order valence-electron chi connectivity index (χ1n) is 5.37. The summed E-state index contributed by atoms with van der Waals surface area (Å²) in [7, 11) is -3.82. The van der Waals surface area contributed by atoms with Gasteiger partial charge < -0.3 is 0 Å². The van der Waals surface area contributed by atoms with Gasteiger partial charge in [0.2, 0.25) is 0 Å². The Morgan fingerprint density at radius 3 is 2.11 bits per heavy atom. The van der Waals surface area contributed by atoms with Crippen LogP contribution in [0.25, 0.3) is 0 Å². The van der Waals surface area contributed by atoms with Crippen molar-refractivity contribution in [2.45, 2.75) is 4.90 Å². The van der Waals surface area contributed by atoms with Crippen LogP contribution < -0.4 is 4.72 Å². The molecule has 1 amide bonds. The van der Waals surface area contributed by atoms with Crippen molar-refractivity contribution in [2.75, 3.05) is 0 Å². The lowest BCUT2D eigenvalue weighted by Gasteiger charge is -2.06. The second kappa shape index (κ2) is 5.70. The van der Waals surface area contributed by atoms with Crippen molar-refractivity contribution < 1.29 is 13.2 Å². The summed E-state index contributed by atoms with van der Waals surface area (Å²) in [6, 6.07) is 14.4. The van der Waals surface area contributed by atoms with E-state index in [2.05, 4.69) is 22.6 Å². The van der Waals surface area contributed by atoms with Gasteiger partial charge in [-0.3, -0.25) is 4.79 Å². The summed E-state index contributed by atoms with van der Waals surface area (Å²) in [5.74, 6) is -0.639. The molecule has 6 heteroatoms. The van der Waals surface area contributed by atoms with Crippen molar-refractivity contribution >= 4 is 38.5 Å². The molecule has 2 aromatic rings. The fourth-order valence-electron chi connectivity index (χ4n) is 1.44. The van der Waals surface area contributed by atoms with Crippen LogP contribution in [0.4, 0.5) is 0 Å². The highest BCUT2D eigenvalue weighted by Crippen LogP contribution is 2.10. The Morgan fingerprint density at radius 1 is 0.947 bits per heavy atom. The minimum absolute atomic E-state index is 0.0638. The zero-order valence-electron chi connectivity index (χ0n) is 9.71. The fourth-order valence-corrected chi connectivity index (χ4v) is 2.80. The van der Waals surface area contributed by atoms with Gasteiger partial charge in [-0.25, -0.2) is 13.1 Å². The minimum Gasteiger partial charge on any atom is -0.268 e. The minimum atomic E-state index is -3.82. The van der Waals surface area contributed by atoms with Crippen LogP contribution in [0, 0.1) is 3.57 Å². The third-order valence-electron chi connectivity index (χ3n) is 2.39. The summed E-state index contributed by atoms with van der Waals surface area (Å²) < 4.78 is 26.9. The summed E-state index contributed by atoms with van der Waals surface area (Å²) in [5, 5.41) is 0. The van der Waals surface area contributed by atoms with E-state index >= 15 is 0 Å². The molecule has 0 saturated heterocycles. The largest absolute Gasteiger partial charge is 0.268 e. The molecule has 0 spiro atoms. The Bertz CT molecular complexity index is 682. The Labute approximate surface area is 125 Å². The summed E-state index contributed by atoms with van der Waals surface area (Å²) in [6.07, 6.45) is 0. The third-order valence-corrected chi connectivity index (χ3v) is 4.45. The fraction of sp³-hybridized carbons (Fsp3) is 0. The van der Waals surface area contributed by atoms with Crippen molar-refractivity contribution in [1.82, 2.24) is 4.72 Å². The van der Waals surface area contributed by atoms with Crippen molar-refractivity contribution in [3.8, 4) is 0 Å². The number of amides is 1. The quantitative estimate of drug-likeness (QED) is 0.823. The summed E-state index contributed by atoms with van der Waals surface area (Å²) in [6.45, 7) is 0. The van der Waals surface area contributed by atoms with Gasteiger partial charge in [0.15, 0.2) is 0 Å². The molecule has 0 saturated carbocycles. The standard InChI is InChI=1S/C13H10INO3S/c14-11-8-6-10(7-9-11)13(16)15-19(17,18)12-4-2-1-3-5-12/h1-9H,(H,15,16). The van der Waals surface area contributed by atoms with E-state index in [0.29, 0.717) is 5.56 Å². The van der Waals surface area contributed by atoms with Crippen LogP contribution in [0.5, 0.6) is 0 Å². The Hall–Kier alpha value is -1.41. The zero-order chi connectivity index (χ0) is 13.9. The number of carbonyl (C=O) groups excluding carboxylic acids is 1. The van der Waals surface area contributed by atoms with Gasteiger partial charge in [0.1, 0.15) is 0 Å². The molecule has 0 radical (unpaired) electrons. The Balaban J connectivity index is 2.22. The molecule has 4 nitrogen and oxygen atoms in total. The first kappa shape index (κ1) is 14.0. The molecule has 2 rings (SSSR count). The predicted molar refractivity (Wildman–Crippen MR) is 80.3 cm³/mol. The average Bonchev–Trinajstić information content (AvgIpc) is 2.40. The molecule has 0 aliphatic carbocycles. The molecule has 1 N–H and O–H groups in total. The van der Waals surface area contributed by atoms with Gasteiger partial charge in [-0.2, -0.15) is 0 Å². The van der Waals surface area contributed by atoms with E-state index < -0.39 is 15.9 Å². The highest BCUT2D eigenvalue weighted by molar-refractivity contribution is 14.1. The number of benzene rings is 2.